The van der Waals surface area contributed by atoms with E-state index in [1.54, 1.807) is 26.2 Å². The number of anilines is 1. The second-order valence-electron chi connectivity index (χ2n) is 3.94. The van der Waals surface area contributed by atoms with Gasteiger partial charge in [0.25, 0.3) is 0 Å². The Morgan fingerprint density at radius 1 is 1.22 bits per heavy atom. The van der Waals surface area contributed by atoms with Crippen LogP contribution in [0.4, 0.5) is 5.69 Å². The summed E-state index contributed by atoms with van der Waals surface area (Å²) < 4.78 is 33.9. The van der Waals surface area contributed by atoms with Crippen LogP contribution in [0, 0.1) is 6.92 Å². The standard InChI is InChI=1S/C12H19NO4S/c1-10-9-11(3-4-12(10)13)18(14,15)8-7-17-6-5-16-2/h3-4,9H,5-8,13H2,1-2H3. The van der Waals surface area contributed by atoms with Crippen LogP contribution in [-0.2, 0) is 19.3 Å². The molecule has 0 amide bonds. The molecule has 102 valence electrons. The largest absolute Gasteiger partial charge is 0.399 e. The molecule has 0 radical (unpaired) electrons. The van der Waals surface area contributed by atoms with Crippen LogP contribution in [0.3, 0.4) is 0 Å². The van der Waals surface area contributed by atoms with Gasteiger partial charge in [0.2, 0.25) is 0 Å². The number of methoxy groups -OCH3 is 1. The highest BCUT2D eigenvalue weighted by Crippen LogP contribution is 2.17. The van der Waals surface area contributed by atoms with Gasteiger partial charge >= 0.3 is 0 Å². The Morgan fingerprint density at radius 3 is 2.56 bits per heavy atom. The maximum atomic E-state index is 12.0. The lowest BCUT2D eigenvalue weighted by Crippen LogP contribution is -2.14. The van der Waals surface area contributed by atoms with Crippen LogP contribution in [0.1, 0.15) is 5.56 Å². The minimum atomic E-state index is -3.31. The van der Waals surface area contributed by atoms with Gasteiger partial charge in [-0.25, -0.2) is 8.42 Å². The molecular weight excluding hydrogens is 254 g/mol. The second kappa shape index (κ2) is 6.72. The molecular formula is C12H19NO4S. The molecule has 18 heavy (non-hydrogen) atoms. The highest BCUT2D eigenvalue weighted by Gasteiger charge is 2.14. The molecule has 0 aromatic heterocycles. The van der Waals surface area contributed by atoms with E-state index in [4.69, 9.17) is 15.2 Å². The molecule has 1 aromatic carbocycles. The lowest BCUT2D eigenvalue weighted by atomic mass is 10.2. The van der Waals surface area contributed by atoms with E-state index in [2.05, 4.69) is 0 Å². The Balaban J connectivity index is 2.60. The molecule has 0 fully saturated rings. The van der Waals surface area contributed by atoms with E-state index >= 15 is 0 Å². The lowest BCUT2D eigenvalue weighted by molar-refractivity contribution is 0.0785. The fraction of sp³-hybridized carbons (Fsp3) is 0.500. The third-order valence-electron chi connectivity index (χ3n) is 2.53. The molecule has 2 N–H and O–H groups in total. The average molecular weight is 273 g/mol. The van der Waals surface area contributed by atoms with Crippen LogP contribution in [0.5, 0.6) is 0 Å². The van der Waals surface area contributed by atoms with Crippen molar-refractivity contribution >= 4 is 15.5 Å². The highest BCUT2D eigenvalue weighted by atomic mass is 32.2. The van der Waals surface area contributed by atoms with E-state index in [0.29, 0.717) is 18.9 Å². The van der Waals surface area contributed by atoms with Crippen molar-refractivity contribution in [3.63, 3.8) is 0 Å². The Morgan fingerprint density at radius 2 is 1.94 bits per heavy atom. The van der Waals surface area contributed by atoms with E-state index in [1.165, 1.54) is 6.07 Å². The summed E-state index contributed by atoms with van der Waals surface area (Å²) in [5, 5.41) is 0. The quantitative estimate of drug-likeness (QED) is 0.592. The minimum absolute atomic E-state index is 0.0416. The van der Waals surface area contributed by atoms with Gasteiger partial charge in [0.15, 0.2) is 9.84 Å². The first-order chi connectivity index (χ1) is 8.47. The first-order valence-electron chi connectivity index (χ1n) is 5.63. The number of sulfone groups is 1. The predicted octanol–water partition coefficient (Wildman–Crippen LogP) is 1.01. The molecule has 0 aliphatic heterocycles. The maximum Gasteiger partial charge on any atom is 0.180 e. The maximum absolute atomic E-state index is 12.0. The molecule has 0 aliphatic rings. The SMILES string of the molecule is COCCOCCS(=O)(=O)c1ccc(N)c(C)c1. The molecule has 0 unspecified atom stereocenters. The van der Waals surface area contributed by atoms with Gasteiger partial charge in [-0.15, -0.1) is 0 Å². The summed E-state index contributed by atoms with van der Waals surface area (Å²) in [7, 11) is -1.74. The number of hydrogen-bond donors (Lipinski definition) is 1. The Bertz CT molecular complexity index is 485. The fourth-order valence-corrected chi connectivity index (χ4v) is 2.58. The Hall–Kier alpha value is -1.11. The summed E-state index contributed by atoms with van der Waals surface area (Å²) in [5.41, 5.74) is 7.00. The minimum Gasteiger partial charge on any atom is -0.399 e. The van der Waals surface area contributed by atoms with Crippen molar-refractivity contribution < 1.29 is 17.9 Å². The monoisotopic (exact) mass is 273 g/mol. The molecule has 0 bridgehead atoms. The predicted molar refractivity (Wildman–Crippen MR) is 70.3 cm³/mol. The molecule has 0 heterocycles. The number of nitrogen functional groups attached to an aromatic ring is 1. The smallest absolute Gasteiger partial charge is 0.180 e. The van der Waals surface area contributed by atoms with Crippen LogP contribution in [0.15, 0.2) is 23.1 Å². The second-order valence-corrected chi connectivity index (χ2v) is 6.05. The van der Waals surface area contributed by atoms with E-state index in [1.807, 2.05) is 0 Å². The lowest BCUT2D eigenvalue weighted by Gasteiger charge is -2.07. The van der Waals surface area contributed by atoms with Crippen LogP contribution in [-0.4, -0.2) is 41.1 Å². The van der Waals surface area contributed by atoms with Gasteiger partial charge in [0.05, 0.1) is 30.5 Å². The summed E-state index contributed by atoms with van der Waals surface area (Å²) >= 11 is 0. The molecule has 1 rings (SSSR count). The molecule has 0 atom stereocenters. The van der Waals surface area contributed by atoms with Gasteiger partial charge in [0.1, 0.15) is 0 Å². The van der Waals surface area contributed by atoms with Gasteiger partial charge in [-0.1, -0.05) is 0 Å². The van der Waals surface area contributed by atoms with Gasteiger partial charge in [-0.3, -0.25) is 0 Å². The average Bonchev–Trinajstić information content (AvgIpc) is 2.32. The van der Waals surface area contributed by atoms with Crippen LogP contribution in [0.25, 0.3) is 0 Å². The normalized spacial score (nSPS) is 11.7. The van der Waals surface area contributed by atoms with E-state index in [0.717, 1.165) is 5.56 Å². The van der Waals surface area contributed by atoms with E-state index in [-0.39, 0.29) is 17.3 Å². The molecule has 0 aliphatic carbocycles. The first kappa shape index (κ1) is 14.9. The highest BCUT2D eigenvalue weighted by molar-refractivity contribution is 7.91. The topological polar surface area (TPSA) is 78.6 Å². The number of rotatable bonds is 7. The molecule has 6 heteroatoms. The first-order valence-corrected chi connectivity index (χ1v) is 7.28. The van der Waals surface area contributed by atoms with Gasteiger partial charge in [-0.05, 0) is 30.7 Å². The van der Waals surface area contributed by atoms with E-state index < -0.39 is 9.84 Å². The number of benzene rings is 1. The summed E-state index contributed by atoms with van der Waals surface area (Å²) in [6, 6.07) is 4.71. The van der Waals surface area contributed by atoms with Crippen LogP contribution < -0.4 is 5.73 Å². The van der Waals surface area contributed by atoms with E-state index in [9.17, 15) is 8.42 Å². The zero-order valence-electron chi connectivity index (χ0n) is 10.7. The third kappa shape index (κ3) is 4.29. The molecule has 5 nitrogen and oxygen atoms in total. The molecule has 1 aromatic rings. The van der Waals surface area contributed by atoms with Gasteiger partial charge in [0, 0.05) is 12.8 Å². The van der Waals surface area contributed by atoms with Crippen molar-refractivity contribution in [3.05, 3.63) is 23.8 Å². The summed E-state index contributed by atoms with van der Waals surface area (Å²) in [6.07, 6.45) is 0. The fourth-order valence-electron chi connectivity index (χ4n) is 1.37. The van der Waals surface area contributed by atoms with Gasteiger partial charge < -0.3 is 15.2 Å². The summed E-state index contributed by atoms with van der Waals surface area (Å²) in [5.74, 6) is -0.0416. The van der Waals surface area contributed by atoms with Crippen molar-refractivity contribution in [2.75, 3.05) is 38.4 Å². The molecule has 0 spiro atoms. The number of aryl methyl sites for hydroxylation is 1. The summed E-state index contributed by atoms with van der Waals surface area (Å²) in [6.45, 7) is 2.80. The molecule has 0 saturated carbocycles. The van der Waals surface area contributed by atoms with Crippen molar-refractivity contribution in [2.45, 2.75) is 11.8 Å². The number of nitrogens with two attached hydrogens (primary N) is 1. The van der Waals surface area contributed by atoms with Crippen LogP contribution >= 0.6 is 0 Å². The van der Waals surface area contributed by atoms with Gasteiger partial charge in [-0.2, -0.15) is 0 Å². The molecule has 0 saturated heterocycles. The number of hydrogen-bond acceptors (Lipinski definition) is 5. The van der Waals surface area contributed by atoms with Crippen molar-refractivity contribution in [2.24, 2.45) is 0 Å². The van der Waals surface area contributed by atoms with Crippen LogP contribution in [0.2, 0.25) is 0 Å². The Kier molecular flexibility index (Phi) is 5.58. The van der Waals surface area contributed by atoms with Crippen molar-refractivity contribution in [1.29, 1.82) is 0 Å². The van der Waals surface area contributed by atoms with Crippen molar-refractivity contribution in [3.8, 4) is 0 Å². The zero-order valence-corrected chi connectivity index (χ0v) is 11.5. The summed E-state index contributed by atoms with van der Waals surface area (Å²) in [4.78, 5) is 0.282. The number of ether oxygens (including phenoxy) is 2. The zero-order chi connectivity index (χ0) is 13.6. The third-order valence-corrected chi connectivity index (χ3v) is 4.20. The van der Waals surface area contributed by atoms with Crippen molar-refractivity contribution in [1.82, 2.24) is 0 Å². The Labute approximate surface area is 108 Å².